The highest BCUT2D eigenvalue weighted by Gasteiger charge is 2.21. The molecule has 0 aromatic carbocycles. The van der Waals surface area contributed by atoms with Gasteiger partial charge >= 0.3 is 0 Å². The van der Waals surface area contributed by atoms with Gasteiger partial charge in [0.2, 0.25) is 0 Å². The van der Waals surface area contributed by atoms with Gasteiger partial charge in [-0.3, -0.25) is 20.1 Å². The van der Waals surface area contributed by atoms with Gasteiger partial charge in [-0.1, -0.05) is 0 Å². The monoisotopic (exact) mass is 423 g/mol. The Morgan fingerprint density at radius 2 is 1.75 bits per heavy atom. The number of nitrogen functional groups attached to an aromatic ring is 1. The molecule has 0 radical (unpaired) electrons. The summed E-state index contributed by atoms with van der Waals surface area (Å²) in [4.78, 5) is 24.8. The Bertz CT molecular complexity index is 1600. The summed E-state index contributed by atoms with van der Waals surface area (Å²) in [5.74, 6) is -0.0859. The molecular weight excluding hydrogens is 409 g/mol. The molecule has 6 aromatic heterocycles. The van der Waals surface area contributed by atoms with Crippen LogP contribution in [0.5, 0.6) is 0 Å². The minimum Gasteiger partial charge on any atom is -0.397 e. The number of nitrogens with zero attached hydrogens (tertiary/aromatic N) is 6. The number of rotatable bonds is 3. The summed E-state index contributed by atoms with van der Waals surface area (Å²) in [6, 6.07) is 7.17. The Morgan fingerprint density at radius 1 is 0.875 bits per heavy atom. The van der Waals surface area contributed by atoms with E-state index in [1.165, 1.54) is 18.6 Å². The van der Waals surface area contributed by atoms with Gasteiger partial charge in [-0.15, -0.1) is 0 Å². The van der Waals surface area contributed by atoms with Crippen LogP contribution in [-0.4, -0.2) is 40.1 Å². The van der Waals surface area contributed by atoms with Gasteiger partial charge in [0.05, 0.1) is 22.3 Å². The lowest BCUT2D eigenvalue weighted by atomic mass is 10.1. The van der Waals surface area contributed by atoms with E-state index < -0.39 is 5.82 Å². The average molecular weight is 423 g/mol. The van der Waals surface area contributed by atoms with Crippen LogP contribution in [0.3, 0.4) is 0 Å². The molecule has 0 spiro atoms. The van der Waals surface area contributed by atoms with Crippen LogP contribution in [0.4, 0.5) is 10.1 Å². The van der Waals surface area contributed by atoms with Crippen molar-refractivity contribution in [1.29, 1.82) is 0 Å². The van der Waals surface area contributed by atoms with Crippen LogP contribution in [0.2, 0.25) is 0 Å². The maximum Gasteiger partial charge on any atom is 0.159 e. The summed E-state index contributed by atoms with van der Waals surface area (Å²) in [7, 11) is 0. The van der Waals surface area contributed by atoms with Crippen molar-refractivity contribution in [3.8, 4) is 33.9 Å². The van der Waals surface area contributed by atoms with Crippen molar-refractivity contribution in [1.82, 2.24) is 40.1 Å². The second-order valence-corrected chi connectivity index (χ2v) is 7.17. The van der Waals surface area contributed by atoms with E-state index in [2.05, 4.69) is 35.1 Å². The third-order valence-electron chi connectivity index (χ3n) is 5.18. The number of hydrogen-bond donors (Lipinski definition) is 3. The predicted molar refractivity (Wildman–Crippen MR) is 118 cm³/mol. The van der Waals surface area contributed by atoms with Gasteiger partial charge in [0, 0.05) is 53.9 Å². The molecule has 0 aliphatic carbocycles. The molecule has 0 bridgehead atoms. The number of aromatic amines is 2. The summed E-state index contributed by atoms with van der Waals surface area (Å²) in [5, 5.41) is 7.29. The topological polar surface area (TPSA) is 135 Å². The Balaban J connectivity index is 1.55. The van der Waals surface area contributed by atoms with E-state index in [1.54, 1.807) is 24.7 Å². The Kier molecular flexibility index (Phi) is 3.90. The standard InChI is InChI=1S/C22H14FN9/c23-17-14(12-7-13(24)9-26-8-12)10-28-21-16(17)20(31-32-21)22-29-15-3-6-27-18(19(15)30-22)11-1-4-25-5-2-11/h1-10H,24H2,(H,29,30)(H,28,31,32). The van der Waals surface area contributed by atoms with E-state index in [4.69, 9.17) is 10.7 Å². The first-order valence-corrected chi connectivity index (χ1v) is 9.68. The molecule has 0 fully saturated rings. The quantitative estimate of drug-likeness (QED) is 0.394. The number of hydrogen-bond acceptors (Lipinski definition) is 7. The number of imidazole rings is 1. The highest BCUT2D eigenvalue weighted by Crippen LogP contribution is 2.34. The number of anilines is 1. The van der Waals surface area contributed by atoms with Crippen molar-refractivity contribution < 1.29 is 4.39 Å². The molecule has 0 aliphatic heterocycles. The zero-order chi connectivity index (χ0) is 21.7. The van der Waals surface area contributed by atoms with E-state index >= 15 is 4.39 Å². The minimum absolute atomic E-state index is 0.224. The van der Waals surface area contributed by atoms with Crippen LogP contribution < -0.4 is 5.73 Å². The van der Waals surface area contributed by atoms with E-state index in [0.717, 1.165) is 11.1 Å². The molecule has 32 heavy (non-hydrogen) atoms. The zero-order valence-corrected chi connectivity index (χ0v) is 16.4. The molecule has 0 amide bonds. The predicted octanol–water partition coefficient (Wildman–Crippen LogP) is 3.74. The van der Waals surface area contributed by atoms with E-state index in [0.29, 0.717) is 39.6 Å². The van der Waals surface area contributed by atoms with Crippen molar-refractivity contribution >= 4 is 27.8 Å². The number of nitrogens with one attached hydrogen (secondary N) is 2. The first-order valence-electron chi connectivity index (χ1n) is 9.68. The zero-order valence-electron chi connectivity index (χ0n) is 16.4. The maximum atomic E-state index is 15.6. The van der Waals surface area contributed by atoms with Gasteiger partial charge in [-0.05, 0) is 24.3 Å². The summed E-state index contributed by atoms with van der Waals surface area (Å²) in [6.45, 7) is 0. The molecule has 4 N–H and O–H groups in total. The molecule has 0 unspecified atom stereocenters. The average Bonchev–Trinajstić information content (AvgIpc) is 3.44. The van der Waals surface area contributed by atoms with Crippen molar-refractivity contribution in [3.05, 3.63) is 67.3 Å². The number of nitrogens with two attached hydrogens (primary N) is 1. The molecule has 6 rings (SSSR count). The summed E-state index contributed by atoms with van der Waals surface area (Å²) >= 11 is 0. The van der Waals surface area contributed by atoms with Crippen LogP contribution in [0, 0.1) is 5.82 Å². The van der Waals surface area contributed by atoms with Gasteiger partial charge < -0.3 is 10.7 Å². The number of fused-ring (bicyclic) bond motifs is 2. The lowest BCUT2D eigenvalue weighted by Gasteiger charge is -2.05. The molecule has 0 atom stereocenters. The number of aromatic nitrogens is 8. The summed E-state index contributed by atoms with van der Waals surface area (Å²) in [6.07, 6.45) is 9.54. The molecule has 154 valence electrons. The second-order valence-electron chi connectivity index (χ2n) is 7.17. The van der Waals surface area contributed by atoms with Gasteiger partial charge in [-0.2, -0.15) is 5.10 Å². The largest absolute Gasteiger partial charge is 0.397 e. The molecule has 6 aromatic rings. The SMILES string of the molecule is Nc1cncc(-c2cnc3[nH]nc(-c4nc5c(-c6ccncc6)nccc5[nH]4)c3c2F)c1. The molecule has 6 heterocycles. The minimum atomic E-state index is -0.487. The molecule has 10 heteroatoms. The fourth-order valence-electron chi connectivity index (χ4n) is 3.70. The first kappa shape index (κ1) is 18.1. The van der Waals surface area contributed by atoms with Crippen LogP contribution in [0.1, 0.15) is 0 Å². The van der Waals surface area contributed by atoms with Crippen molar-refractivity contribution in [3.63, 3.8) is 0 Å². The fourth-order valence-corrected chi connectivity index (χ4v) is 3.70. The molecule has 9 nitrogen and oxygen atoms in total. The maximum absolute atomic E-state index is 15.6. The second kappa shape index (κ2) is 6.91. The molecular formula is C22H14FN9. The van der Waals surface area contributed by atoms with Gasteiger partial charge in [0.25, 0.3) is 0 Å². The third kappa shape index (κ3) is 2.77. The molecule has 0 aliphatic rings. The third-order valence-corrected chi connectivity index (χ3v) is 5.18. The molecule has 0 saturated carbocycles. The van der Waals surface area contributed by atoms with Crippen molar-refractivity contribution in [2.75, 3.05) is 5.73 Å². The lowest BCUT2D eigenvalue weighted by Crippen LogP contribution is -1.93. The summed E-state index contributed by atoms with van der Waals surface area (Å²) < 4.78 is 15.6. The van der Waals surface area contributed by atoms with Crippen LogP contribution >= 0.6 is 0 Å². The number of H-pyrrole nitrogens is 2. The van der Waals surface area contributed by atoms with E-state index in [-0.39, 0.29) is 10.9 Å². The fraction of sp³-hybridized carbons (Fsp3) is 0. The van der Waals surface area contributed by atoms with Crippen molar-refractivity contribution in [2.45, 2.75) is 0 Å². The van der Waals surface area contributed by atoms with Crippen LogP contribution in [0.15, 0.2) is 61.4 Å². The first-order chi connectivity index (χ1) is 15.7. The summed E-state index contributed by atoms with van der Waals surface area (Å²) in [5.41, 5.74) is 10.6. The lowest BCUT2D eigenvalue weighted by molar-refractivity contribution is 0.642. The Morgan fingerprint density at radius 3 is 2.59 bits per heavy atom. The smallest absolute Gasteiger partial charge is 0.159 e. The number of halogens is 1. The highest BCUT2D eigenvalue weighted by atomic mass is 19.1. The normalized spacial score (nSPS) is 11.4. The highest BCUT2D eigenvalue weighted by molar-refractivity contribution is 5.96. The Labute approximate surface area is 179 Å². The van der Waals surface area contributed by atoms with E-state index in [9.17, 15) is 0 Å². The van der Waals surface area contributed by atoms with Crippen LogP contribution in [0.25, 0.3) is 56.0 Å². The van der Waals surface area contributed by atoms with E-state index in [1.807, 2.05) is 18.2 Å². The van der Waals surface area contributed by atoms with Gasteiger partial charge in [-0.25, -0.2) is 14.4 Å². The van der Waals surface area contributed by atoms with Gasteiger partial charge in [0.1, 0.15) is 17.0 Å². The Hall–Kier alpha value is -4.73. The van der Waals surface area contributed by atoms with Crippen LogP contribution in [-0.2, 0) is 0 Å². The molecule has 0 saturated heterocycles. The van der Waals surface area contributed by atoms with Gasteiger partial charge in [0.15, 0.2) is 11.5 Å². The number of pyridine rings is 4. The van der Waals surface area contributed by atoms with Crippen molar-refractivity contribution in [2.24, 2.45) is 0 Å².